The Hall–Kier alpha value is -3.10. The lowest BCUT2D eigenvalue weighted by Crippen LogP contribution is -2.53. The molecule has 0 saturated carbocycles. The maximum Gasteiger partial charge on any atom is 0.239 e. The molecule has 0 bridgehead atoms. The van der Waals surface area contributed by atoms with E-state index in [0.717, 1.165) is 16.6 Å². The van der Waals surface area contributed by atoms with Crippen molar-refractivity contribution in [3.8, 4) is 0 Å². The highest BCUT2D eigenvalue weighted by Gasteiger charge is 2.27. The number of hydrogen-bond donors (Lipinski definition) is 3. The van der Waals surface area contributed by atoms with E-state index in [4.69, 9.17) is 17.3 Å². The van der Waals surface area contributed by atoms with Gasteiger partial charge in [0.1, 0.15) is 5.65 Å². The van der Waals surface area contributed by atoms with Crippen molar-refractivity contribution in [2.45, 2.75) is 19.4 Å². The van der Waals surface area contributed by atoms with Crippen LogP contribution in [0.25, 0.3) is 11.0 Å². The Labute approximate surface area is 185 Å². The number of nitrogens with zero attached hydrogens (tertiary/aromatic N) is 3. The zero-order valence-electron chi connectivity index (χ0n) is 17.3. The van der Waals surface area contributed by atoms with Gasteiger partial charge in [-0.1, -0.05) is 23.7 Å². The number of hydrogen-bond acceptors (Lipinski definition) is 5. The second-order valence-electron chi connectivity index (χ2n) is 7.69. The van der Waals surface area contributed by atoms with Gasteiger partial charge in [0.25, 0.3) is 0 Å². The lowest BCUT2D eigenvalue weighted by atomic mass is 10.1. The zero-order chi connectivity index (χ0) is 22.0. The fourth-order valence-electron chi connectivity index (χ4n) is 3.96. The first-order valence-electron chi connectivity index (χ1n) is 10.2. The zero-order valence-corrected chi connectivity index (χ0v) is 18.0. The molecule has 2 amide bonds. The molecule has 162 valence electrons. The summed E-state index contributed by atoms with van der Waals surface area (Å²) in [5, 5.41) is 4.38. The first-order valence-corrected chi connectivity index (χ1v) is 10.6. The Morgan fingerprint density at radius 2 is 1.90 bits per heavy atom. The average Bonchev–Trinajstić information content (AvgIpc) is 3.17. The van der Waals surface area contributed by atoms with Gasteiger partial charge in [0, 0.05) is 50.5 Å². The number of fused-ring (bicyclic) bond motifs is 1. The van der Waals surface area contributed by atoms with Crippen LogP contribution in [0.2, 0.25) is 5.02 Å². The van der Waals surface area contributed by atoms with Crippen molar-refractivity contribution >= 4 is 45.8 Å². The van der Waals surface area contributed by atoms with E-state index in [9.17, 15) is 9.59 Å². The van der Waals surface area contributed by atoms with Crippen molar-refractivity contribution in [1.82, 2.24) is 14.9 Å². The number of rotatable bonds is 5. The third-order valence-electron chi connectivity index (χ3n) is 5.48. The smallest absolute Gasteiger partial charge is 0.239 e. The molecule has 9 heteroatoms. The minimum atomic E-state index is -0.587. The summed E-state index contributed by atoms with van der Waals surface area (Å²) in [5.41, 5.74) is 9.58. The largest absolute Gasteiger partial charge is 0.367 e. The number of pyridine rings is 1. The van der Waals surface area contributed by atoms with Gasteiger partial charge < -0.3 is 25.8 Å². The van der Waals surface area contributed by atoms with Gasteiger partial charge in [-0.15, -0.1) is 0 Å². The molecule has 1 unspecified atom stereocenters. The van der Waals surface area contributed by atoms with Crippen molar-refractivity contribution < 1.29 is 9.59 Å². The molecule has 1 aromatic carbocycles. The highest BCUT2D eigenvalue weighted by atomic mass is 35.5. The Bertz CT molecular complexity index is 1090. The van der Waals surface area contributed by atoms with E-state index in [2.05, 4.69) is 20.2 Å². The molecule has 1 aliphatic heterocycles. The number of aromatic amines is 1. The highest BCUT2D eigenvalue weighted by molar-refractivity contribution is 6.30. The van der Waals surface area contributed by atoms with Gasteiger partial charge in [-0.25, -0.2) is 4.98 Å². The second kappa shape index (κ2) is 8.95. The predicted molar refractivity (Wildman–Crippen MR) is 122 cm³/mol. The molecular formula is C22H25ClN6O2. The number of H-pyrrole nitrogens is 1. The molecule has 1 atom stereocenters. The molecule has 3 aromatic rings. The van der Waals surface area contributed by atoms with E-state index in [0.29, 0.717) is 49.0 Å². The molecule has 0 radical (unpaired) electrons. The summed E-state index contributed by atoms with van der Waals surface area (Å²) in [6, 6.07) is 8.75. The van der Waals surface area contributed by atoms with Crippen LogP contribution in [0.1, 0.15) is 12.5 Å². The lowest BCUT2D eigenvalue weighted by molar-refractivity contribution is -0.132. The van der Waals surface area contributed by atoms with E-state index in [1.54, 1.807) is 24.5 Å². The molecule has 8 nitrogen and oxygen atoms in total. The Morgan fingerprint density at radius 3 is 2.58 bits per heavy atom. The fourth-order valence-corrected chi connectivity index (χ4v) is 4.08. The van der Waals surface area contributed by atoms with E-state index in [1.807, 2.05) is 23.1 Å². The van der Waals surface area contributed by atoms with Crippen LogP contribution in [-0.4, -0.2) is 58.9 Å². The maximum atomic E-state index is 12.9. The number of carbonyl (C=O) groups is 2. The molecule has 3 heterocycles. The number of benzene rings is 1. The van der Waals surface area contributed by atoms with Gasteiger partial charge in [0.15, 0.2) is 0 Å². The predicted octanol–water partition coefficient (Wildman–Crippen LogP) is 2.39. The summed E-state index contributed by atoms with van der Waals surface area (Å²) in [7, 11) is 0. The van der Waals surface area contributed by atoms with Gasteiger partial charge in [0.2, 0.25) is 11.8 Å². The third kappa shape index (κ3) is 4.65. The minimum Gasteiger partial charge on any atom is -0.367 e. The van der Waals surface area contributed by atoms with Gasteiger partial charge in [-0.05, 0) is 30.2 Å². The molecule has 0 aliphatic carbocycles. The summed E-state index contributed by atoms with van der Waals surface area (Å²) < 4.78 is 0. The summed E-state index contributed by atoms with van der Waals surface area (Å²) in [5.74, 6) is -0.184. The van der Waals surface area contributed by atoms with Crippen molar-refractivity contribution in [1.29, 1.82) is 0 Å². The fraction of sp³-hybridized carbons (Fsp3) is 0.318. The van der Waals surface area contributed by atoms with E-state index >= 15 is 0 Å². The Morgan fingerprint density at radius 1 is 1.19 bits per heavy atom. The number of nitrogens with one attached hydrogen (secondary N) is 2. The van der Waals surface area contributed by atoms with E-state index in [1.165, 1.54) is 6.92 Å². The molecule has 1 saturated heterocycles. The lowest BCUT2D eigenvalue weighted by Gasteiger charge is -2.37. The number of carbonyl (C=O) groups excluding carboxylic acids is 2. The van der Waals surface area contributed by atoms with Crippen LogP contribution < -0.4 is 16.0 Å². The average molecular weight is 441 g/mol. The van der Waals surface area contributed by atoms with Crippen molar-refractivity contribution in [2.75, 3.05) is 36.4 Å². The molecule has 1 aliphatic rings. The summed E-state index contributed by atoms with van der Waals surface area (Å²) >= 11 is 5.92. The Kier molecular flexibility index (Phi) is 6.11. The van der Waals surface area contributed by atoms with E-state index in [-0.39, 0.29) is 11.8 Å². The summed E-state index contributed by atoms with van der Waals surface area (Å²) in [6.07, 6.45) is 3.97. The van der Waals surface area contributed by atoms with Gasteiger partial charge in [-0.2, -0.15) is 0 Å². The number of halogens is 1. The van der Waals surface area contributed by atoms with Crippen molar-refractivity contribution in [3.63, 3.8) is 0 Å². The highest BCUT2D eigenvalue weighted by Crippen LogP contribution is 2.32. The number of amides is 2. The number of aromatic nitrogens is 2. The first-order chi connectivity index (χ1) is 14.9. The quantitative estimate of drug-likeness (QED) is 0.564. The number of piperazine rings is 1. The van der Waals surface area contributed by atoms with E-state index < -0.39 is 6.04 Å². The summed E-state index contributed by atoms with van der Waals surface area (Å²) in [4.78, 5) is 35.9. The SMILES string of the molecule is CC(=O)Nc1c[nH]c2nccc(N3CCN(C(=O)C(N)Cc4ccc(Cl)cc4)CC3)c12. The van der Waals surface area contributed by atoms with Crippen LogP contribution in [0.5, 0.6) is 0 Å². The van der Waals surface area contributed by atoms with Crippen LogP contribution in [0.15, 0.2) is 42.7 Å². The van der Waals surface area contributed by atoms with Crippen molar-refractivity contribution in [3.05, 3.63) is 53.3 Å². The summed E-state index contributed by atoms with van der Waals surface area (Å²) in [6.45, 7) is 3.98. The first kappa shape index (κ1) is 21.1. The molecule has 4 rings (SSSR count). The van der Waals surface area contributed by atoms with Crippen LogP contribution in [0, 0.1) is 0 Å². The molecule has 2 aromatic heterocycles. The van der Waals surface area contributed by atoms with Gasteiger partial charge >= 0.3 is 0 Å². The minimum absolute atomic E-state index is 0.0462. The van der Waals surface area contributed by atoms with Crippen molar-refractivity contribution in [2.24, 2.45) is 5.73 Å². The standard InChI is InChI=1S/C22H25ClN6O2/c1-14(30)27-18-13-26-21-20(18)19(6-7-25-21)28-8-10-29(11-9-28)22(31)17(24)12-15-2-4-16(23)5-3-15/h2-7,13,17H,8-12,24H2,1H3,(H,25,26)(H,27,30). The van der Waals surface area contributed by atoms with Crippen LogP contribution >= 0.6 is 11.6 Å². The van der Waals surface area contributed by atoms with Gasteiger partial charge in [0.05, 0.1) is 22.8 Å². The molecule has 0 spiro atoms. The molecule has 4 N–H and O–H groups in total. The normalized spacial score (nSPS) is 15.2. The maximum absolute atomic E-state index is 12.9. The molecule has 1 fully saturated rings. The molecule has 31 heavy (non-hydrogen) atoms. The molecular weight excluding hydrogens is 416 g/mol. The second-order valence-corrected chi connectivity index (χ2v) is 8.12. The van der Waals surface area contributed by atoms with Crippen LogP contribution in [-0.2, 0) is 16.0 Å². The van der Waals surface area contributed by atoms with Gasteiger partial charge in [-0.3, -0.25) is 9.59 Å². The third-order valence-corrected chi connectivity index (χ3v) is 5.73. The van der Waals surface area contributed by atoms with Crippen LogP contribution in [0.3, 0.4) is 0 Å². The monoisotopic (exact) mass is 440 g/mol. The topological polar surface area (TPSA) is 107 Å². The number of anilines is 2. The Balaban J connectivity index is 1.42. The van der Waals surface area contributed by atoms with Crippen LogP contribution in [0.4, 0.5) is 11.4 Å². The number of nitrogens with two attached hydrogens (primary N) is 1.